The minimum absolute atomic E-state index is 0.219. The Bertz CT molecular complexity index is 265. The fraction of sp³-hybridized carbons (Fsp3) is 0.400. The van der Waals surface area contributed by atoms with Crippen molar-refractivity contribution in [3.05, 3.63) is 35.6 Å². The monoisotopic (exact) mass is 217 g/mol. The smallest absolute Gasteiger partial charge is 0.123 e. The van der Waals surface area contributed by atoms with E-state index in [0.29, 0.717) is 13.1 Å². The van der Waals surface area contributed by atoms with Gasteiger partial charge in [-0.05, 0) is 17.7 Å². The van der Waals surface area contributed by atoms with Gasteiger partial charge in [0, 0.05) is 19.0 Å². The van der Waals surface area contributed by atoms with Gasteiger partial charge in [-0.25, -0.2) is 4.39 Å². The van der Waals surface area contributed by atoms with Gasteiger partial charge in [-0.3, -0.25) is 0 Å². The molecule has 0 unspecified atom stereocenters. The van der Waals surface area contributed by atoms with Gasteiger partial charge in [0.25, 0.3) is 0 Å². The maximum absolute atomic E-state index is 12.5. The van der Waals surface area contributed by atoms with E-state index in [2.05, 4.69) is 5.32 Å². The Hall–Kier alpha value is -0.640. The fourth-order valence-corrected chi connectivity index (χ4v) is 1.15. The van der Waals surface area contributed by atoms with E-state index in [-0.39, 0.29) is 11.7 Å². The number of hydrogen-bond donors (Lipinski definition) is 2. The molecule has 0 spiro atoms. The Morgan fingerprint density at radius 1 is 1.36 bits per heavy atom. The lowest BCUT2D eigenvalue weighted by atomic mass is 10.2. The minimum atomic E-state index is -0.530. The second-order valence-corrected chi connectivity index (χ2v) is 3.37. The van der Waals surface area contributed by atoms with Gasteiger partial charge in [-0.2, -0.15) is 0 Å². The average molecular weight is 218 g/mol. The molecule has 1 aromatic carbocycles. The maximum atomic E-state index is 12.5. The van der Waals surface area contributed by atoms with Crippen molar-refractivity contribution < 1.29 is 9.50 Å². The highest BCUT2D eigenvalue weighted by Crippen LogP contribution is 2.01. The molecule has 1 atom stereocenters. The van der Waals surface area contributed by atoms with E-state index < -0.39 is 6.10 Å². The van der Waals surface area contributed by atoms with Gasteiger partial charge >= 0.3 is 0 Å². The quantitative estimate of drug-likeness (QED) is 0.733. The maximum Gasteiger partial charge on any atom is 0.123 e. The molecule has 14 heavy (non-hydrogen) atoms. The summed E-state index contributed by atoms with van der Waals surface area (Å²) in [5, 5.41) is 12.1. The molecule has 0 bridgehead atoms. The summed E-state index contributed by atoms with van der Waals surface area (Å²) >= 11 is 5.41. The van der Waals surface area contributed by atoms with E-state index in [1.54, 1.807) is 12.1 Å². The molecule has 0 fully saturated rings. The number of nitrogens with one attached hydrogen (secondary N) is 1. The van der Waals surface area contributed by atoms with E-state index >= 15 is 0 Å². The van der Waals surface area contributed by atoms with Gasteiger partial charge < -0.3 is 10.4 Å². The molecule has 0 aromatic heterocycles. The van der Waals surface area contributed by atoms with Crippen LogP contribution in [0.25, 0.3) is 0 Å². The Morgan fingerprint density at radius 2 is 2.00 bits per heavy atom. The van der Waals surface area contributed by atoms with Crippen LogP contribution in [-0.2, 0) is 6.54 Å². The zero-order valence-electron chi connectivity index (χ0n) is 7.71. The standard InChI is InChI=1S/C10H13ClFNO/c11-5-10(14)7-13-6-8-1-3-9(12)4-2-8/h1-4,10,13-14H,5-7H2/t10-/m0/s1. The third-order valence-corrected chi connectivity index (χ3v) is 2.16. The first-order valence-corrected chi connectivity index (χ1v) is 4.95. The van der Waals surface area contributed by atoms with E-state index in [4.69, 9.17) is 16.7 Å². The fourth-order valence-electron chi connectivity index (χ4n) is 1.04. The molecule has 0 radical (unpaired) electrons. The summed E-state index contributed by atoms with van der Waals surface area (Å²) in [5.41, 5.74) is 0.980. The molecule has 2 N–H and O–H groups in total. The molecular formula is C10H13ClFNO. The van der Waals surface area contributed by atoms with Crippen LogP contribution in [-0.4, -0.2) is 23.6 Å². The highest BCUT2D eigenvalue weighted by molar-refractivity contribution is 6.18. The Labute approximate surface area is 87.7 Å². The molecule has 0 aliphatic rings. The SMILES string of the molecule is O[C@@H](CCl)CNCc1ccc(F)cc1. The largest absolute Gasteiger partial charge is 0.391 e. The molecule has 0 saturated heterocycles. The van der Waals surface area contributed by atoms with Crippen LogP contribution in [0.1, 0.15) is 5.56 Å². The van der Waals surface area contributed by atoms with E-state index in [1.807, 2.05) is 0 Å². The van der Waals surface area contributed by atoms with Gasteiger partial charge in [-0.1, -0.05) is 12.1 Å². The minimum Gasteiger partial charge on any atom is -0.391 e. The average Bonchev–Trinajstić information content (AvgIpc) is 2.21. The number of alkyl halides is 1. The van der Waals surface area contributed by atoms with Crippen LogP contribution in [0, 0.1) is 5.82 Å². The molecule has 4 heteroatoms. The van der Waals surface area contributed by atoms with E-state index in [9.17, 15) is 4.39 Å². The number of aliphatic hydroxyl groups is 1. The van der Waals surface area contributed by atoms with Crippen molar-refractivity contribution in [1.82, 2.24) is 5.32 Å². The third-order valence-electron chi connectivity index (χ3n) is 1.80. The molecular weight excluding hydrogens is 205 g/mol. The van der Waals surface area contributed by atoms with Crippen molar-refractivity contribution in [3.63, 3.8) is 0 Å². The van der Waals surface area contributed by atoms with Crippen molar-refractivity contribution in [1.29, 1.82) is 0 Å². The molecule has 1 rings (SSSR count). The van der Waals surface area contributed by atoms with Crippen molar-refractivity contribution in [2.75, 3.05) is 12.4 Å². The van der Waals surface area contributed by atoms with Crippen LogP contribution < -0.4 is 5.32 Å². The normalized spacial score (nSPS) is 12.8. The van der Waals surface area contributed by atoms with Gasteiger partial charge in [-0.15, -0.1) is 11.6 Å². The molecule has 78 valence electrons. The zero-order valence-corrected chi connectivity index (χ0v) is 8.47. The second kappa shape index (κ2) is 5.96. The lowest BCUT2D eigenvalue weighted by Crippen LogP contribution is -2.27. The summed E-state index contributed by atoms with van der Waals surface area (Å²) < 4.78 is 12.5. The predicted octanol–water partition coefficient (Wildman–Crippen LogP) is 1.52. The zero-order chi connectivity index (χ0) is 10.4. The highest BCUT2D eigenvalue weighted by Gasteiger charge is 2.00. The van der Waals surface area contributed by atoms with Crippen LogP contribution in [0.15, 0.2) is 24.3 Å². The Balaban J connectivity index is 2.28. The van der Waals surface area contributed by atoms with Crippen molar-refractivity contribution >= 4 is 11.6 Å². The van der Waals surface area contributed by atoms with Crippen molar-refractivity contribution in [3.8, 4) is 0 Å². The molecule has 0 aliphatic carbocycles. The first-order valence-electron chi connectivity index (χ1n) is 4.41. The third kappa shape index (κ3) is 4.05. The van der Waals surface area contributed by atoms with Crippen LogP contribution >= 0.6 is 11.6 Å². The molecule has 1 aromatic rings. The van der Waals surface area contributed by atoms with Crippen LogP contribution in [0.3, 0.4) is 0 Å². The first-order chi connectivity index (χ1) is 6.72. The summed E-state index contributed by atoms with van der Waals surface area (Å²) in [6.07, 6.45) is -0.530. The Kier molecular flexibility index (Phi) is 4.87. The summed E-state index contributed by atoms with van der Waals surface area (Å²) in [6.45, 7) is 1.05. The topological polar surface area (TPSA) is 32.3 Å². The second-order valence-electron chi connectivity index (χ2n) is 3.07. The van der Waals surface area contributed by atoms with E-state index in [0.717, 1.165) is 5.56 Å². The number of halogens is 2. The predicted molar refractivity (Wildman–Crippen MR) is 54.8 cm³/mol. The van der Waals surface area contributed by atoms with Gasteiger partial charge in [0.2, 0.25) is 0 Å². The van der Waals surface area contributed by atoms with Gasteiger partial charge in [0.05, 0.1) is 6.10 Å². The number of rotatable bonds is 5. The summed E-state index contributed by atoms with van der Waals surface area (Å²) in [4.78, 5) is 0. The van der Waals surface area contributed by atoms with Crippen LogP contribution in [0.5, 0.6) is 0 Å². The van der Waals surface area contributed by atoms with Gasteiger partial charge in [0.1, 0.15) is 5.82 Å². The lowest BCUT2D eigenvalue weighted by molar-refractivity contribution is 0.194. The van der Waals surface area contributed by atoms with E-state index in [1.165, 1.54) is 12.1 Å². The summed E-state index contributed by atoms with van der Waals surface area (Å²) in [7, 11) is 0. The molecule has 0 saturated carbocycles. The molecule has 2 nitrogen and oxygen atoms in total. The number of hydrogen-bond acceptors (Lipinski definition) is 2. The van der Waals surface area contributed by atoms with Gasteiger partial charge in [0.15, 0.2) is 0 Å². The highest BCUT2D eigenvalue weighted by atomic mass is 35.5. The van der Waals surface area contributed by atoms with Crippen molar-refractivity contribution in [2.24, 2.45) is 0 Å². The van der Waals surface area contributed by atoms with Crippen LogP contribution in [0.2, 0.25) is 0 Å². The lowest BCUT2D eigenvalue weighted by Gasteiger charge is -2.08. The number of aliphatic hydroxyl groups excluding tert-OH is 1. The molecule has 0 aliphatic heterocycles. The summed E-state index contributed by atoms with van der Waals surface area (Å²) in [5.74, 6) is -0.0225. The van der Waals surface area contributed by atoms with Crippen molar-refractivity contribution in [2.45, 2.75) is 12.6 Å². The molecule has 0 amide bonds. The molecule has 0 heterocycles. The summed E-state index contributed by atoms with van der Waals surface area (Å²) in [6, 6.07) is 6.23. The van der Waals surface area contributed by atoms with Crippen LogP contribution in [0.4, 0.5) is 4.39 Å². The first kappa shape index (κ1) is 11.4. The number of benzene rings is 1. The Morgan fingerprint density at radius 3 is 2.57 bits per heavy atom.